The minimum atomic E-state index is 0.498. The number of rotatable bonds is 7. The lowest BCUT2D eigenvalue weighted by atomic mass is 10.1. The van der Waals surface area contributed by atoms with Crippen LogP contribution in [0.2, 0.25) is 0 Å². The SMILES string of the molecule is CC(C)Cc1nc(CSc2n[nH]c(/C=C/c3ccccc3)n2)no1. The van der Waals surface area contributed by atoms with E-state index in [0.29, 0.717) is 28.5 Å². The molecule has 0 atom stereocenters. The molecular formula is C17H19N5OS. The first kappa shape index (κ1) is 16.4. The number of aromatic nitrogens is 5. The third-order valence-corrected chi connectivity index (χ3v) is 3.98. The number of H-pyrrole nitrogens is 1. The zero-order chi connectivity index (χ0) is 16.8. The third-order valence-electron chi connectivity index (χ3n) is 3.14. The summed E-state index contributed by atoms with van der Waals surface area (Å²) in [5, 5.41) is 11.7. The smallest absolute Gasteiger partial charge is 0.226 e. The van der Waals surface area contributed by atoms with Crippen LogP contribution < -0.4 is 0 Å². The van der Waals surface area contributed by atoms with Crippen molar-refractivity contribution in [2.24, 2.45) is 5.92 Å². The van der Waals surface area contributed by atoms with Crippen LogP contribution in [0.25, 0.3) is 12.2 Å². The molecule has 0 spiro atoms. The highest BCUT2D eigenvalue weighted by Crippen LogP contribution is 2.18. The summed E-state index contributed by atoms with van der Waals surface area (Å²) in [7, 11) is 0. The Morgan fingerprint density at radius 2 is 2.00 bits per heavy atom. The van der Waals surface area contributed by atoms with E-state index in [1.165, 1.54) is 11.8 Å². The molecule has 0 aliphatic heterocycles. The van der Waals surface area contributed by atoms with Gasteiger partial charge in [0.1, 0.15) is 5.82 Å². The summed E-state index contributed by atoms with van der Waals surface area (Å²) in [6, 6.07) is 10.1. The molecule has 0 radical (unpaired) electrons. The van der Waals surface area contributed by atoms with Crippen molar-refractivity contribution in [1.29, 1.82) is 0 Å². The third kappa shape index (κ3) is 4.79. The standard InChI is InChI=1S/C17H19N5OS/c1-12(2)10-16-18-15(22-23-16)11-24-17-19-14(20-21-17)9-8-13-6-4-3-5-7-13/h3-9,12H,10-11H2,1-2H3,(H,19,20,21)/b9-8+. The number of nitrogens with zero attached hydrogens (tertiary/aromatic N) is 4. The van der Waals surface area contributed by atoms with Crippen LogP contribution in [0.4, 0.5) is 0 Å². The second-order valence-electron chi connectivity index (χ2n) is 5.74. The molecule has 0 saturated carbocycles. The van der Waals surface area contributed by atoms with E-state index in [0.717, 1.165) is 17.8 Å². The molecule has 0 unspecified atom stereocenters. The molecular weight excluding hydrogens is 322 g/mol. The van der Waals surface area contributed by atoms with Crippen LogP contribution in [-0.2, 0) is 12.2 Å². The van der Waals surface area contributed by atoms with E-state index in [9.17, 15) is 0 Å². The zero-order valence-electron chi connectivity index (χ0n) is 13.6. The Kier molecular flexibility index (Phi) is 5.43. The van der Waals surface area contributed by atoms with Crippen LogP contribution in [0.15, 0.2) is 40.0 Å². The Bertz CT molecular complexity index is 794. The molecule has 0 saturated heterocycles. The number of benzene rings is 1. The van der Waals surface area contributed by atoms with E-state index in [4.69, 9.17) is 4.52 Å². The predicted octanol–water partition coefficient (Wildman–Crippen LogP) is 3.85. The van der Waals surface area contributed by atoms with Crippen molar-refractivity contribution in [3.8, 4) is 0 Å². The maximum absolute atomic E-state index is 5.22. The fourth-order valence-electron chi connectivity index (χ4n) is 2.05. The summed E-state index contributed by atoms with van der Waals surface area (Å²) < 4.78 is 5.22. The van der Waals surface area contributed by atoms with Crippen molar-refractivity contribution in [2.45, 2.75) is 31.2 Å². The topological polar surface area (TPSA) is 80.5 Å². The van der Waals surface area contributed by atoms with Crippen LogP contribution >= 0.6 is 11.8 Å². The largest absolute Gasteiger partial charge is 0.339 e. The van der Waals surface area contributed by atoms with Crippen LogP contribution in [0.3, 0.4) is 0 Å². The van der Waals surface area contributed by atoms with Crippen molar-refractivity contribution < 1.29 is 4.52 Å². The highest BCUT2D eigenvalue weighted by molar-refractivity contribution is 7.98. The van der Waals surface area contributed by atoms with Crippen LogP contribution in [-0.4, -0.2) is 25.3 Å². The number of hydrogen-bond donors (Lipinski definition) is 1. The van der Waals surface area contributed by atoms with E-state index in [1.54, 1.807) is 0 Å². The predicted molar refractivity (Wildman–Crippen MR) is 94.2 cm³/mol. The summed E-state index contributed by atoms with van der Waals surface area (Å²) in [5.74, 6) is 3.15. The van der Waals surface area contributed by atoms with Gasteiger partial charge in [-0.1, -0.05) is 67.2 Å². The van der Waals surface area contributed by atoms with E-state index in [-0.39, 0.29) is 0 Å². The molecule has 124 valence electrons. The molecule has 6 nitrogen and oxygen atoms in total. The van der Waals surface area contributed by atoms with Crippen LogP contribution in [0.5, 0.6) is 0 Å². The Balaban J connectivity index is 1.54. The molecule has 3 aromatic rings. The highest BCUT2D eigenvalue weighted by atomic mass is 32.2. The fourth-order valence-corrected chi connectivity index (χ4v) is 2.70. The highest BCUT2D eigenvalue weighted by Gasteiger charge is 2.10. The minimum absolute atomic E-state index is 0.498. The average molecular weight is 341 g/mol. The maximum atomic E-state index is 5.22. The van der Waals surface area contributed by atoms with Crippen molar-refractivity contribution in [2.75, 3.05) is 0 Å². The molecule has 1 aromatic carbocycles. The lowest BCUT2D eigenvalue weighted by Gasteiger charge is -1.95. The van der Waals surface area contributed by atoms with Gasteiger partial charge in [-0.05, 0) is 17.6 Å². The van der Waals surface area contributed by atoms with Crippen molar-refractivity contribution in [1.82, 2.24) is 25.3 Å². The molecule has 3 rings (SSSR count). The van der Waals surface area contributed by atoms with Gasteiger partial charge in [-0.25, -0.2) is 4.98 Å². The number of nitrogens with one attached hydrogen (secondary N) is 1. The lowest BCUT2D eigenvalue weighted by Crippen LogP contribution is -1.94. The second-order valence-corrected chi connectivity index (χ2v) is 6.68. The molecule has 1 N–H and O–H groups in total. The molecule has 2 heterocycles. The maximum Gasteiger partial charge on any atom is 0.226 e. The zero-order valence-corrected chi connectivity index (χ0v) is 14.5. The van der Waals surface area contributed by atoms with Gasteiger partial charge in [-0.15, -0.1) is 5.10 Å². The Morgan fingerprint density at radius 1 is 1.17 bits per heavy atom. The average Bonchev–Trinajstić information content (AvgIpc) is 3.21. The number of hydrogen-bond acceptors (Lipinski definition) is 6. The fraction of sp³-hybridized carbons (Fsp3) is 0.294. The van der Waals surface area contributed by atoms with Gasteiger partial charge in [-0.2, -0.15) is 4.98 Å². The summed E-state index contributed by atoms with van der Waals surface area (Å²) in [6.45, 7) is 4.24. The molecule has 0 bridgehead atoms. The Labute approximate surface area is 144 Å². The molecule has 0 amide bonds. The van der Waals surface area contributed by atoms with E-state index in [1.807, 2.05) is 42.5 Å². The van der Waals surface area contributed by atoms with Crippen molar-refractivity contribution in [3.63, 3.8) is 0 Å². The van der Waals surface area contributed by atoms with E-state index >= 15 is 0 Å². The van der Waals surface area contributed by atoms with Gasteiger partial charge in [0.15, 0.2) is 5.82 Å². The van der Waals surface area contributed by atoms with Gasteiger partial charge in [0, 0.05) is 6.42 Å². The normalized spacial score (nSPS) is 11.6. The number of aromatic amines is 1. The molecule has 7 heteroatoms. The van der Waals surface area contributed by atoms with Crippen LogP contribution in [0, 0.1) is 5.92 Å². The van der Waals surface area contributed by atoms with Gasteiger partial charge < -0.3 is 4.52 Å². The summed E-state index contributed by atoms with van der Waals surface area (Å²) >= 11 is 1.48. The van der Waals surface area contributed by atoms with Crippen LogP contribution in [0.1, 0.15) is 37.0 Å². The summed E-state index contributed by atoms with van der Waals surface area (Å²) in [5.41, 5.74) is 1.12. The van der Waals surface area contributed by atoms with Crippen molar-refractivity contribution >= 4 is 23.9 Å². The number of thioether (sulfide) groups is 1. The first-order chi connectivity index (χ1) is 11.7. The first-order valence-electron chi connectivity index (χ1n) is 7.79. The first-order valence-corrected chi connectivity index (χ1v) is 8.77. The minimum Gasteiger partial charge on any atom is -0.339 e. The lowest BCUT2D eigenvalue weighted by molar-refractivity contribution is 0.360. The molecule has 0 aliphatic rings. The van der Waals surface area contributed by atoms with Gasteiger partial charge >= 0.3 is 0 Å². The monoisotopic (exact) mass is 341 g/mol. The summed E-state index contributed by atoms with van der Waals surface area (Å²) in [6.07, 6.45) is 4.70. The van der Waals surface area contributed by atoms with Gasteiger partial charge in [0.2, 0.25) is 11.0 Å². The molecule has 0 aliphatic carbocycles. The Hall–Kier alpha value is -2.41. The quantitative estimate of drug-likeness (QED) is 0.658. The molecule has 0 fully saturated rings. The van der Waals surface area contributed by atoms with Gasteiger partial charge in [-0.3, -0.25) is 5.10 Å². The van der Waals surface area contributed by atoms with Crippen molar-refractivity contribution in [3.05, 3.63) is 53.4 Å². The van der Waals surface area contributed by atoms with Gasteiger partial charge in [0.25, 0.3) is 0 Å². The van der Waals surface area contributed by atoms with E-state index in [2.05, 4.69) is 39.2 Å². The van der Waals surface area contributed by atoms with E-state index < -0.39 is 0 Å². The van der Waals surface area contributed by atoms with Gasteiger partial charge in [0.05, 0.1) is 5.75 Å². The molecule has 24 heavy (non-hydrogen) atoms. The summed E-state index contributed by atoms with van der Waals surface area (Å²) in [4.78, 5) is 8.79. The molecule has 2 aromatic heterocycles. The second kappa shape index (κ2) is 7.92. The Morgan fingerprint density at radius 3 is 2.79 bits per heavy atom.